The summed E-state index contributed by atoms with van der Waals surface area (Å²) in [5, 5.41) is 7.20. The second-order valence-electron chi connectivity index (χ2n) is 10.5. The SMILES string of the molecule is CC1(C)C[C@@H](NC(=S)Nc2cccc(C(=O)c3ccc(C(C)(C)C)cc3)c2)c2ccccc2O1. The van der Waals surface area contributed by atoms with Gasteiger partial charge >= 0.3 is 0 Å². The van der Waals surface area contributed by atoms with Crippen LogP contribution < -0.4 is 15.4 Å². The van der Waals surface area contributed by atoms with E-state index < -0.39 is 0 Å². The molecule has 0 bridgehead atoms. The van der Waals surface area contributed by atoms with Crippen LogP contribution in [0, 0.1) is 0 Å². The van der Waals surface area contributed by atoms with Gasteiger partial charge in [0, 0.05) is 28.8 Å². The molecule has 1 aliphatic rings. The van der Waals surface area contributed by atoms with Crippen molar-refractivity contribution in [2.45, 2.75) is 58.1 Å². The Hall–Kier alpha value is -3.18. The van der Waals surface area contributed by atoms with Crippen LogP contribution in [-0.2, 0) is 5.41 Å². The highest BCUT2D eigenvalue weighted by atomic mass is 32.1. The van der Waals surface area contributed by atoms with Crippen LogP contribution in [0.25, 0.3) is 0 Å². The van der Waals surface area contributed by atoms with Crippen molar-refractivity contribution >= 4 is 28.8 Å². The number of benzene rings is 3. The van der Waals surface area contributed by atoms with E-state index in [-0.39, 0.29) is 22.8 Å². The van der Waals surface area contributed by atoms with Crippen LogP contribution in [0.15, 0.2) is 72.8 Å². The molecule has 176 valence electrons. The van der Waals surface area contributed by atoms with Gasteiger partial charge in [0.1, 0.15) is 11.4 Å². The molecule has 4 rings (SSSR count). The number of carbonyl (C=O) groups is 1. The Morgan fingerprint density at radius 3 is 2.38 bits per heavy atom. The molecular formula is C29H32N2O2S. The Kier molecular flexibility index (Phi) is 6.50. The minimum Gasteiger partial charge on any atom is -0.487 e. The molecule has 0 radical (unpaired) electrons. The lowest BCUT2D eigenvalue weighted by Crippen LogP contribution is -2.42. The third-order valence-corrected chi connectivity index (χ3v) is 6.30. The Bertz CT molecular complexity index is 1210. The van der Waals surface area contributed by atoms with E-state index in [0.717, 1.165) is 23.4 Å². The molecule has 0 saturated heterocycles. The van der Waals surface area contributed by atoms with Crippen LogP contribution in [-0.4, -0.2) is 16.5 Å². The van der Waals surface area contributed by atoms with Gasteiger partial charge in [0.25, 0.3) is 0 Å². The monoisotopic (exact) mass is 472 g/mol. The van der Waals surface area contributed by atoms with Crippen LogP contribution in [0.3, 0.4) is 0 Å². The van der Waals surface area contributed by atoms with Gasteiger partial charge < -0.3 is 15.4 Å². The predicted octanol–water partition coefficient (Wildman–Crippen LogP) is 6.80. The van der Waals surface area contributed by atoms with Gasteiger partial charge in [0.2, 0.25) is 0 Å². The number of rotatable bonds is 4. The summed E-state index contributed by atoms with van der Waals surface area (Å²) in [5.41, 5.74) is 4.11. The largest absolute Gasteiger partial charge is 0.487 e. The summed E-state index contributed by atoms with van der Waals surface area (Å²) in [5.74, 6) is 0.868. The fourth-order valence-electron chi connectivity index (χ4n) is 4.28. The zero-order chi connectivity index (χ0) is 24.5. The number of hydrogen-bond donors (Lipinski definition) is 2. The second kappa shape index (κ2) is 9.22. The quantitative estimate of drug-likeness (QED) is 0.323. The normalized spacial score (nSPS) is 16.7. The van der Waals surface area contributed by atoms with Crippen LogP contribution in [0.5, 0.6) is 5.75 Å². The van der Waals surface area contributed by atoms with Gasteiger partial charge in [0.15, 0.2) is 10.9 Å². The predicted molar refractivity (Wildman–Crippen MR) is 143 cm³/mol. The Labute approximate surface area is 207 Å². The average molecular weight is 473 g/mol. The van der Waals surface area contributed by atoms with Gasteiger partial charge in [0.05, 0.1) is 6.04 Å². The van der Waals surface area contributed by atoms with Crippen molar-refractivity contribution < 1.29 is 9.53 Å². The summed E-state index contributed by atoms with van der Waals surface area (Å²) in [7, 11) is 0. The first-order chi connectivity index (χ1) is 16.0. The Balaban J connectivity index is 1.46. The van der Waals surface area contributed by atoms with Crippen molar-refractivity contribution in [1.82, 2.24) is 5.32 Å². The van der Waals surface area contributed by atoms with E-state index in [4.69, 9.17) is 17.0 Å². The maximum Gasteiger partial charge on any atom is 0.193 e. The molecule has 0 fully saturated rings. The van der Waals surface area contributed by atoms with Gasteiger partial charge in [-0.25, -0.2) is 0 Å². The molecule has 0 unspecified atom stereocenters. The molecule has 0 spiro atoms. The lowest BCUT2D eigenvalue weighted by Gasteiger charge is -2.38. The third kappa shape index (κ3) is 5.48. The average Bonchev–Trinajstić information content (AvgIpc) is 2.77. The van der Waals surface area contributed by atoms with Crippen LogP contribution in [0.2, 0.25) is 0 Å². The van der Waals surface area contributed by atoms with E-state index in [2.05, 4.69) is 51.3 Å². The highest BCUT2D eigenvalue weighted by Gasteiger charge is 2.33. The summed E-state index contributed by atoms with van der Waals surface area (Å²) < 4.78 is 6.12. The molecule has 5 heteroatoms. The van der Waals surface area contributed by atoms with E-state index in [9.17, 15) is 4.79 Å². The summed E-state index contributed by atoms with van der Waals surface area (Å²) in [6.45, 7) is 10.6. The first-order valence-electron chi connectivity index (χ1n) is 11.6. The molecule has 0 amide bonds. The molecule has 0 aliphatic carbocycles. The molecule has 0 aromatic heterocycles. The molecule has 1 heterocycles. The summed E-state index contributed by atoms with van der Waals surface area (Å²) in [4.78, 5) is 13.1. The lowest BCUT2D eigenvalue weighted by molar-refractivity contribution is 0.0697. The maximum absolute atomic E-state index is 13.1. The molecule has 4 nitrogen and oxygen atoms in total. The minimum atomic E-state index is -0.295. The molecule has 0 saturated carbocycles. The minimum absolute atomic E-state index is 0.0110. The van der Waals surface area contributed by atoms with Gasteiger partial charge in [-0.1, -0.05) is 75.4 Å². The van der Waals surface area contributed by atoms with Crippen LogP contribution in [0.1, 0.15) is 74.1 Å². The number of thiocarbonyl (C=S) groups is 1. The Morgan fingerprint density at radius 2 is 1.68 bits per heavy atom. The van der Waals surface area contributed by atoms with Crippen molar-refractivity contribution in [1.29, 1.82) is 0 Å². The topological polar surface area (TPSA) is 50.4 Å². The number of hydrogen-bond acceptors (Lipinski definition) is 3. The molecule has 3 aromatic carbocycles. The highest BCUT2D eigenvalue weighted by Crippen LogP contribution is 2.39. The van der Waals surface area contributed by atoms with Crippen molar-refractivity contribution in [2.75, 3.05) is 5.32 Å². The highest BCUT2D eigenvalue weighted by molar-refractivity contribution is 7.80. The second-order valence-corrected chi connectivity index (χ2v) is 10.9. The number of para-hydroxylation sites is 1. The number of ketones is 1. The zero-order valence-corrected chi connectivity index (χ0v) is 21.3. The fourth-order valence-corrected chi connectivity index (χ4v) is 4.54. The third-order valence-electron chi connectivity index (χ3n) is 6.08. The smallest absolute Gasteiger partial charge is 0.193 e. The summed E-state index contributed by atoms with van der Waals surface area (Å²) in [6.07, 6.45) is 0.787. The number of ether oxygens (including phenoxy) is 1. The molecule has 34 heavy (non-hydrogen) atoms. The van der Waals surface area contributed by atoms with Crippen molar-refractivity contribution in [3.8, 4) is 5.75 Å². The van der Waals surface area contributed by atoms with Crippen LogP contribution in [0.4, 0.5) is 5.69 Å². The van der Waals surface area contributed by atoms with Gasteiger partial charge in [-0.05, 0) is 55.2 Å². The van der Waals surface area contributed by atoms with Crippen molar-refractivity contribution in [3.05, 3.63) is 95.1 Å². The Morgan fingerprint density at radius 1 is 0.971 bits per heavy atom. The van der Waals surface area contributed by atoms with E-state index >= 15 is 0 Å². The molecule has 1 atom stereocenters. The van der Waals surface area contributed by atoms with Crippen LogP contribution >= 0.6 is 12.2 Å². The molecule has 1 aliphatic heterocycles. The number of carbonyl (C=O) groups excluding carboxylic acids is 1. The van der Waals surface area contributed by atoms with Gasteiger partial charge in [-0.3, -0.25) is 4.79 Å². The number of anilines is 1. The van der Waals surface area contributed by atoms with E-state index in [0.29, 0.717) is 16.2 Å². The number of nitrogens with one attached hydrogen (secondary N) is 2. The summed E-state index contributed by atoms with van der Waals surface area (Å²) >= 11 is 5.62. The van der Waals surface area contributed by atoms with E-state index in [1.807, 2.05) is 66.7 Å². The van der Waals surface area contributed by atoms with Gasteiger partial charge in [-0.2, -0.15) is 0 Å². The standard InChI is InChI=1S/C29H32N2O2S/c1-28(2,3)21-15-13-19(14-16-21)26(32)20-9-8-10-22(17-20)30-27(34)31-24-18-29(4,5)33-25-12-7-6-11-23(24)25/h6-17,24H,18H2,1-5H3,(H2,30,31,34)/t24-/m1/s1. The molecular weight excluding hydrogens is 440 g/mol. The fraction of sp³-hybridized carbons (Fsp3) is 0.310. The maximum atomic E-state index is 13.1. The van der Waals surface area contributed by atoms with Crippen molar-refractivity contribution in [3.63, 3.8) is 0 Å². The van der Waals surface area contributed by atoms with Gasteiger partial charge in [-0.15, -0.1) is 0 Å². The van der Waals surface area contributed by atoms with E-state index in [1.54, 1.807) is 0 Å². The van der Waals surface area contributed by atoms with Crippen molar-refractivity contribution in [2.24, 2.45) is 0 Å². The molecule has 2 N–H and O–H groups in total. The van der Waals surface area contributed by atoms with E-state index in [1.165, 1.54) is 5.56 Å². The number of fused-ring (bicyclic) bond motifs is 1. The first-order valence-corrected chi connectivity index (χ1v) is 12.0. The first kappa shape index (κ1) is 24.0. The summed E-state index contributed by atoms with van der Waals surface area (Å²) in [6, 6.07) is 23.4. The molecule has 3 aromatic rings. The lowest BCUT2D eigenvalue weighted by atomic mass is 9.86. The zero-order valence-electron chi connectivity index (χ0n) is 20.4.